The average Bonchev–Trinajstić information content (AvgIpc) is 2.38. The van der Waals surface area contributed by atoms with Crippen LogP contribution in [0.3, 0.4) is 0 Å². The normalized spacial score (nSPS) is 10.3. The molecule has 2 N–H and O–H groups in total. The van der Waals surface area contributed by atoms with E-state index in [1.807, 2.05) is 38.1 Å². The topological polar surface area (TPSA) is 50.4 Å². The summed E-state index contributed by atoms with van der Waals surface area (Å²) in [5.74, 6) is -0.0263. The number of ether oxygens (including phenoxy) is 1. The summed E-state index contributed by atoms with van der Waals surface area (Å²) < 4.78 is 5.19. The van der Waals surface area contributed by atoms with E-state index in [-0.39, 0.29) is 5.91 Å². The van der Waals surface area contributed by atoms with E-state index in [0.717, 1.165) is 25.3 Å². The number of aryl methyl sites for hydroxylation is 1. The minimum Gasteiger partial charge on any atom is -0.380 e. The van der Waals surface area contributed by atoms with Crippen LogP contribution in [-0.2, 0) is 4.74 Å². The molecule has 0 saturated carbocycles. The van der Waals surface area contributed by atoms with Crippen LogP contribution in [-0.4, -0.2) is 38.8 Å². The second kappa shape index (κ2) is 8.66. The van der Waals surface area contributed by atoms with Gasteiger partial charge < -0.3 is 15.4 Å². The first-order chi connectivity index (χ1) is 8.74. The van der Waals surface area contributed by atoms with Crippen LogP contribution in [0.25, 0.3) is 0 Å². The maximum atomic E-state index is 11.7. The van der Waals surface area contributed by atoms with Crippen LogP contribution in [0.1, 0.15) is 22.8 Å². The van der Waals surface area contributed by atoms with Crippen molar-refractivity contribution in [2.24, 2.45) is 0 Å². The molecule has 0 saturated heterocycles. The van der Waals surface area contributed by atoms with E-state index < -0.39 is 0 Å². The van der Waals surface area contributed by atoms with Crippen molar-refractivity contribution < 1.29 is 9.53 Å². The van der Waals surface area contributed by atoms with Crippen LogP contribution in [0.15, 0.2) is 24.3 Å². The zero-order valence-electron chi connectivity index (χ0n) is 11.2. The fourth-order valence-electron chi connectivity index (χ4n) is 1.49. The molecule has 1 aromatic rings. The van der Waals surface area contributed by atoms with E-state index in [4.69, 9.17) is 4.74 Å². The van der Waals surface area contributed by atoms with Crippen LogP contribution < -0.4 is 10.6 Å². The Hall–Kier alpha value is -1.39. The van der Waals surface area contributed by atoms with E-state index in [9.17, 15) is 4.79 Å². The maximum Gasteiger partial charge on any atom is 0.251 e. The zero-order valence-corrected chi connectivity index (χ0v) is 11.2. The van der Waals surface area contributed by atoms with Crippen molar-refractivity contribution in [1.29, 1.82) is 0 Å². The fraction of sp³-hybridized carbons (Fsp3) is 0.500. The molecule has 1 rings (SSSR count). The van der Waals surface area contributed by atoms with Crippen molar-refractivity contribution in [2.45, 2.75) is 13.8 Å². The highest BCUT2D eigenvalue weighted by atomic mass is 16.5. The minimum absolute atomic E-state index is 0.0263. The van der Waals surface area contributed by atoms with Crippen LogP contribution in [0.4, 0.5) is 0 Å². The summed E-state index contributed by atoms with van der Waals surface area (Å²) in [5, 5.41) is 6.06. The molecule has 0 aliphatic carbocycles. The van der Waals surface area contributed by atoms with E-state index in [1.54, 1.807) is 0 Å². The molecule has 0 spiro atoms. The first-order valence-electron chi connectivity index (χ1n) is 6.37. The summed E-state index contributed by atoms with van der Waals surface area (Å²) in [6.07, 6.45) is 0. The smallest absolute Gasteiger partial charge is 0.251 e. The molecule has 0 unspecified atom stereocenters. The largest absolute Gasteiger partial charge is 0.380 e. The Labute approximate surface area is 109 Å². The van der Waals surface area contributed by atoms with Gasteiger partial charge in [-0.1, -0.05) is 17.7 Å². The summed E-state index contributed by atoms with van der Waals surface area (Å²) in [7, 11) is 0. The van der Waals surface area contributed by atoms with Gasteiger partial charge in [0.15, 0.2) is 0 Å². The Balaban J connectivity index is 2.12. The average molecular weight is 250 g/mol. The molecule has 4 heteroatoms. The molecule has 18 heavy (non-hydrogen) atoms. The molecule has 0 aliphatic heterocycles. The van der Waals surface area contributed by atoms with Crippen LogP contribution in [0, 0.1) is 6.92 Å². The Morgan fingerprint density at radius 2 is 1.89 bits per heavy atom. The lowest BCUT2D eigenvalue weighted by atomic mass is 10.1. The van der Waals surface area contributed by atoms with Crippen LogP contribution in [0.2, 0.25) is 0 Å². The number of hydrogen-bond donors (Lipinski definition) is 2. The van der Waals surface area contributed by atoms with Gasteiger partial charge >= 0.3 is 0 Å². The van der Waals surface area contributed by atoms with Crippen molar-refractivity contribution in [3.05, 3.63) is 35.4 Å². The standard InChI is InChI=1S/C14H22N2O2/c1-3-18-11-10-15-8-9-16-14(17)13-6-4-12(2)5-7-13/h4-7,15H,3,8-11H2,1-2H3,(H,16,17). The van der Waals surface area contributed by atoms with Gasteiger partial charge in [0.25, 0.3) is 5.91 Å². The molecular weight excluding hydrogens is 228 g/mol. The third-order valence-electron chi connectivity index (χ3n) is 2.53. The molecule has 1 aromatic carbocycles. The quantitative estimate of drug-likeness (QED) is 0.685. The lowest BCUT2D eigenvalue weighted by Gasteiger charge is -2.07. The molecule has 0 heterocycles. The van der Waals surface area contributed by atoms with Gasteiger partial charge in [-0.05, 0) is 26.0 Å². The summed E-state index contributed by atoms with van der Waals surface area (Å²) in [5.41, 5.74) is 1.86. The number of nitrogens with one attached hydrogen (secondary N) is 2. The zero-order chi connectivity index (χ0) is 13.2. The van der Waals surface area contributed by atoms with Crippen LogP contribution in [0.5, 0.6) is 0 Å². The number of amides is 1. The molecular formula is C14H22N2O2. The van der Waals surface area contributed by atoms with E-state index in [0.29, 0.717) is 18.7 Å². The van der Waals surface area contributed by atoms with Crippen molar-refractivity contribution in [3.63, 3.8) is 0 Å². The molecule has 0 aliphatic rings. The van der Waals surface area contributed by atoms with E-state index in [2.05, 4.69) is 10.6 Å². The Morgan fingerprint density at radius 3 is 2.56 bits per heavy atom. The molecule has 0 atom stereocenters. The summed E-state index contributed by atoms with van der Waals surface area (Å²) in [6.45, 7) is 7.62. The molecule has 1 amide bonds. The Morgan fingerprint density at radius 1 is 1.17 bits per heavy atom. The van der Waals surface area contributed by atoms with Gasteiger partial charge in [0, 0.05) is 31.8 Å². The minimum atomic E-state index is -0.0263. The van der Waals surface area contributed by atoms with E-state index >= 15 is 0 Å². The Kier molecular flexibility index (Phi) is 7.06. The highest BCUT2D eigenvalue weighted by Gasteiger charge is 2.02. The van der Waals surface area contributed by atoms with E-state index in [1.165, 1.54) is 0 Å². The second-order valence-electron chi connectivity index (χ2n) is 4.07. The lowest BCUT2D eigenvalue weighted by molar-refractivity contribution is 0.0953. The predicted molar refractivity (Wildman–Crippen MR) is 72.9 cm³/mol. The molecule has 0 bridgehead atoms. The SMILES string of the molecule is CCOCCNCCNC(=O)c1ccc(C)cc1. The molecule has 0 aromatic heterocycles. The number of hydrogen-bond acceptors (Lipinski definition) is 3. The van der Waals surface area contributed by atoms with Gasteiger partial charge in [0.1, 0.15) is 0 Å². The van der Waals surface area contributed by atoms with Gasteiger partial charge in [-0.2, -0.15) is 0 Å². The molecule has 4 nitrogen and oxygen atoms in total. The van der Waals surface area contributed by atoms with Gasteiger partial charge in [0.05, 0.1) is 6.61 Å². The lowest BCUT2D eigenvalue weighted by Crippen LogP contribution is -2.33. The van der Waals surface area contributed by atoms with Gasteiger partial charge in [-0.3, -0.25) is 4.79 Å². The van der Waals surface area contributed by atoms with Crippen molar-refractivity contribution in [1.82, 2.24) is 10.6 Å². The molecule has 0 radical (unpaired) electrons. The van der Waals surface area contributed by atoms with Gasteiger partial charge in [-0.25, -0.2) is 0 Å². The van der Waals surface area contributed by atoms with Crippen molar-refractivity contribution in [2.75, 3.05) is 32.8 Å². The van der Waals surface area contributed by atoms with Crippen molar-refractivity contribution >= 4 is 5.91 Å². The van der Waals surface area contributed by atoms with Crippen LogP contribution >= 0.6 is 0 Å². The first-order valence-corrected chi connectivity index (χ1v) is 6.37. The highest BCUT2D eigenvalue weighted by molar-refractivity contribution is 5.94. The molecule has 100 valence electrons. The maximum absolute atomic E-state index is 11.7. The van der Waals surface area contributed by atoms with Crippen molar-refractivity contribution in [3.8, 4) is 0 Å². The number of carbonyl (C=O) groups excluding carboxylic acids is 1. The Bertz CT molecular complexity index is 349. The summed E-state index contributed by atoms with van der Waals surface area (Å²) in [4.78, 5) is 11.7. The fourth-order valence-corrected chi connectivity index (χ4v) is 1.49. The molecule has 0 fully saturated rings. The first kappa shape index (κ1) is 14.7. The third kappa shape index (κ3) is 5.80. The van der Waals surface area contributed by atoms with Gasteiger partial charge in [-0.15, -0.1) is 0 Å². The predicted octanol–water partition coefficient (Wildman–Crippen LogP) is 1.35. The number of benzene rings is 1. The summed E-state index contributed by atoms with van der Waals surface area (Å²) in [6, 6.07) is 7.56. The second-order valence-corrected chi connectivity index (χ2v) is 4.07. The third-order valence-corrected chi connectivity index (χ3v) is 2.53. The summed E-state index contributed by atoms with van der Waals surface area (Å²) >= 11 is 0. The number of carbonyl (C=O) groups is 1. The highest BCUT2D eigenvalue weighted by Crippen LogP contribution is 2.02. The number of rotatable bonds is 8. The monoisotopic (exact) mass is 250 g/mol. The van der Waals surface area contributed by atoms with Gasteiger partial charge in [0.2, 0.25) is 0 Å².